The topological polar surface area (TPSA) is 84.5 Å². The molecule has 6 nitrogen and oxygen atoms in total. The lowest BCUT2D eigenvalue weighted by atomic mass is 10.0. The lowest BCUT2D eigenvalue weighted by Gasteiger charge is -2.17. The fourth-order valence-electron chi connectivity index (χ4n) is 2.17. The minimum Gasteiger partial charge on any atom is -0.465 e. The molecule has 0 saturated carbocycles. The third-order valence-corrected chi connectivity index (χ3v) is 4.20. The van der Waals surface area contributed by atoms with Gasteiger partial charge >= 0.3 is 5.97 Å². The zero-order chi connectivity index (χ0) is 17.5. The van der Waals surface area contributed by atoms with Gasteiger partial charge in [-0.25, -0.2) is 4.79 Å². The Morgan fingerprint density at radius 1 is 1.12 bits per heavy atom. The van der Waals surface area contributed by atoms with Gasteiger partial charge in [0.05, 0.1) is 24.6 Å². The third kappa shape index (κ3) is 4.92. The van der Waals surface area contributed by atoms with Crippen molar-refractivity contribution in [2.75, 3.05) is 12.4 Å². The molecule has 1 atom stereocenters. The first-order chi connectivity index (χ1) is 11.5. The van der Waals surface area contributed by atoms with E-state index in [-0.39, 0.29) is 18.2 Å². The molecule has 1 aromatic carbocycles. The van der Waals surface area contributed by atoms with Crippen LogP contribution in [0.5, 0.6) is 0 Å². The predicted molar refractivity (Wildman–Crippen MR) is 91.9 cm³/mol. The zero-order valence-electron chi connectivity index (χ0n) is 13.4. The van der Waals surface area contributed by atoms with E-state index < -0.39 is 12.0 Å². The molecule has 2 rings (SSSR count). The molecule has 0 aliphatic heterocycles. The molecule has 0 bridgehead atoms. The van der Waals surface area contributed by atoms with Crippen LogP contribution < -0.4 is 10.6 Å². The number of nitrogens with one attached hydrogen (secondary N) is 2. The van der Waals surface area contributed by atoms with Gasteiger partial charge in [0.1, 0.15) is 4.88 Å². The molecule has 2 aromatic rings. The largest absolute Gasteiger partial charge is 0.465 e. The molecule has 7 heteroatoms. The van der Waals surface area contributed by atoms with E-state index in [0.29, 0.717) is 9.88 Å². The first kappa shape index (κ1) is 17.7. The summed E-state index contributed by atoms with van der Waals surface area (Å²) in [6, 6.07) is 12.1. The number of thiophene rings is 1. The van der Waals surface area contributed by atoms with E-state index in [2.05, 4.69) is 15.4 Å². The Morgan fingerprint density at radius 3 is 2.46 bits per heavy atom. The van der Waals surface area contributed by atoms with Gasteiger partial charge in [-0.3, -0.25) is 9.59 Å². The smallest absolute Gasteiger partial charge is 0.348 e. The van der Waals surface area contributed by atoms with Crippen LogP contribution in [-0.4, -0.2) is 24.9 Å². The number of hydrogen-bond donors (Lipinski definition) is 2. The van der Waals surface area contributed by atoms with Crippen molar-refractivity contribution in [2.45, 2.75) is 19.4 Å². The Hall–Kier alpha value is -2.67. The van der Waals surface area contributed by atoms with Gasteiger partial charge in [0.2, 0.25) is 11.8 Å². The fraction of sp³-hybridized carbons (Fsp3) is 0.235. The summed E-state index contributed by atoms with van der Waals surface area (Å²) in [7, 11) is 1.30. The van der Waals surface area contributed by atoms with Crippen molar-refractivity contribution in [3.05, 3.63) is 52.9 Å². The van der Waals surface area contributed by atoms with Crippen LogP contribution >= 0.6 is 11.3 Å². The number of carbonyl (C=O) groups is 3. The molecule has 0 aliphatic carbocycles. The number of esters is 1. The van der Waals surface area contributed by atoms with Gasteiger partial charge in [-0.05, 0) is 17.7 Å². The quantitative estimate of drug-likeness (QED) is 0.788. The van der Waals surface area contributed by atoms with Gasteiger partial charge in [0.15, 0.2) is 0 Å². The van der Waals surface area contributed by atoms with Crippen LogP contribution in [0.3, 0.4) is 0 Å². The van der Waals surface area contributed by atoms with Crippen molar-refractivity contribution in [3.63, 3.8) is 0 Å². The summed E-state index contributed by atoms with van der Waals surface area (Å²) in [6.07, 6.45) is 0.0923. The third-order valence-electron chi connectivity index (χ3n) is 3.22. The number of methoxy groups -OCH3 is 1. The van der Waals surface area contributed by atoms with Crippen molar-refractivity contribution in [1.82, 2.24) is 5.32 Å². The van der Waals surface area contributed by atoms with Gasteiger partial charge < -0.3 is 15.4 Å². The molecule has 2 N–H and O–H groups in total. The highest BCUT2D eigenvalue weighted by Crippen LogP contribution is 2.24. The lowest BCUT2D eigenvalue weighted by Crippen LogP contribution is -2.29. The van der Waals surface area contributed by atoms with E-state index in [9.17, 15) is 14.4 Å². The second-order valence-corrected chi connectivity index (χ2v) is 6.16. The lowest BCUT2D eigenvalue weighted by molar-refractivity contribution is -0.120. The van der Waals surface area contributed by atoms with Crippen molar-refractivity contribution < 1.29 is 19.1 Å². The molecule has 2 amide bonds. The second-order valence-electron chi connectivity index (χ2n) is 5.07. The van der Waals surface area contributed by atoms with E-state index in [1.165, 1.54) is 14.0 Å². The van der Waals surface area contributed by atoms with Crippen LogP contribution in [0.4, 0.5) is 5.00 Å². The second kappa shape index (κ2) is 8.26. The molecule has 0 fully saturated rings. The SMILES string of the molecule is COC(=O)c1ccc(NC(=O)C[C@H](NC(C)=O)c2ccccc2)s1. The van der Waals surface area contributed by atoms with Gasteiger partial charge in [0, 0.05) is 6.92 Å². The van der Waals surface area contributed by atoms with E-state index in [0.717, 1.165) is 16.9 Å². The maximum absolute atomic E-state index is 12.3. The normalized spacial score (nSPS) is 11.4. The number of rotatable bonds is 6. The van der Waals surface area contributed by atoms with Crippen molar-refractivity contribution in [2.24, 2.45) is 0 Å². The molecular formula is C17H18N2O4S. The number of hydrogen-bond acceptors (Lipinski definition) is 5. The van der Waals surface area contributed by atoms with E-state index in [1.807, 2.05) is 30.3 Å². The maximum Gasteiger partial charge on any atom is 0.348 e. The summed E-state index contributed by atoms with van der Waals surface area (Å²) in [4.78, 5) is 35.5. The predicted octanol–water partition coefficient (Wildman–Crippen LogP) is 2.74. The molecule has 0 aliphatic rings. The van der Waals surface area contributed by atoms with E-state index in [1.54, 1.807) is 12.1 Å². The first-order valence-electron chi connectivity index (χ1n) is 7.29. The summed E-state index contributed by atoms with van der Waals surface area (Å²) in [6.45, 7) is 1.41. The van der Waals surface area contributed by atoms with Crippen LogP contribution in [-0.2, 0) is 14.3 Å². The molecule has 0 unspecified atom stereocenters. The summed E-state index contributed by atoms with van der Waals surface area (Å²) in [5, 5.41) is 6.06. The number of anilines is 1. The molecule has 0 radical (unpaired) electrons. The van der Waals surface area contributed by atoms with Crippen molar-refractivity contribution in [1.29, 1.82) is 0 Å². The minimum atomic E-state index is -0.444. The number of carbonyl (C=O) groups excluding carboxylic acids is 3. The monoisotopic (exact) mass is 346 g/mol. The molecule has 0 spiro atoms. The van der Waals surface area contributed by atoms with Gasteiger partial charge in [-0.1, -0.05) is 30.3 Å². The average molecular weight is 346 g/mol. The van der Waals surface area contributed by atoms with E-state index in [4.69, 9.17) is 0 Å². The van der Waals surface area contributed by atoms with Gasteiger partial charge in [-0.2, -0.15) is 0 Å². The Morgan fingerprint density at radius 2 is 1.83 bits per heavy atom. The summed E-state index contributed by atoms with van der Waals surface area (Å²) >= 11 is 1.14. The van der Waals surface area contributed by atoms with Gasteiger partial charge in [0.25, 0.3) is 0 Å². The standard InChI is InChI=1S/C17H18N2O4S/c1-11(20)18-13(12-6-4-3-5-7-12)10-15(21)19-16-9-8-14(24-16)17(22)23-2/h3-9,13H,10H2,1-2H3,(H,18,20)(H,19,21)/t13-/m0/s1. The summed E-state index contributed by atoms with van der Waals surface area (Å²) in [5.41, 5.74) is 0.851. The van der Waals surface area contributed by atoms with Crippen LogP contribution in [0.25, 0.3) is 0 Å². The first-order valence-corrected chi connectivity index (χ1v) is 8.11. The molecule has 1 heterocycles. The Kier molecular flexibility index (Phi) is 6.08. The highest BCUT2D eigenvalue weighted by molar-refractivity contribution is 7.18. The molecule has 24 heavy (non-hydrogen) atoms. The number of benzene rings is 1. The minimum absolute atomic E-state index is 0.0923. The van der Waals surface area contributed by atoms with Gasteiger partial charge in [-0.15, -0.1) is 11.3 Å². The number of amides is 2. The van der Waals surface area contributed by atoms with Crippen molar-refractivity contribution >= 4 is 34.1 Å². The molecule has 0 saturated heterocycles. The highest BCUT2D eigenvalue weighted by atomic mass is 32.1. The zero-order valence-corrected chi connectivity index (χ0v) is 14.2. The molecule has 1 aromatic heterocycles. The highest BCUT2D eigenvalue weighted by Gasteiger charge is 2.18. The maximum atomic E-state index is 12.3. The average Bonchev–Trinajstić information content (AvgIpc) is 3.02. The van der Waals surface area contributed by atoms with Crippen LogP contribution in [0.2, 0.25) is 0 Å². The molecular weight excluding hydrogens is 328 g/mol. The number of ether oxygens (including phenoxy) is 1. The summed E-state index contributed by atoms with van der Waals surface area (Å²) in [5.74, 6) is -0.905. The van der Waals surface area contributed by atoms with Crippen LogP contribution in [0, 0.1) is 0 Å². The fourth-order valence-corrected chi connectivity index (χ4v) is 3.01. The molecule has 126 valence electrons. The summed E-state index contributed by atoms with van der Waals surface area (Å²) < 4.78 is 4.63. The Labute approximate surface area is 143 Å². The van der Waals surface area contributed by atoms with E-state index >= 15 is 0 Å². The van der Waals surface area contributed by atoms with Crippen molar-refractivity contribution in [3.8, 4) is 0 Å². The Bertz CT molecular complexity index is 727. The van der Waals surface area contributed by atoms with Crippen LogP contribution in [0.15, 0.2) is 42.5 Å². The van der Waals surface area contributed by atoms with Crippen LogP contribution in [0.1, 0.15) is 34.6 Å². The Balaban J connectivity index is 2.03.